The van der Waals surface area contributed by atoms with E-state index in [2.05, 4.69) is 0 Å². The third-order valence-electron chi connectivity index (χ3n) is 7.18. The number of hydrogen-bond acceptors (Lipinski definition) is 4. The zero-order valence-electron chi connectivity index (χ0n) is 19.1. The van der Waals surface area contributed by atoms with E-state index in [4.69, 9.17) is 4.74 Å². The molecule has 2 aromatic carbocycles. The van der Waals surface area contributed by atoms with Gasteiger partial charge >= 0.3 is 18.3 Å². The lowest BCUT2D eigenvalue weighted by Gasteiger charge is -2.50. The van der Waals surface area contributed by atoms with Crippen molar-refractivity contribution in [1.29, 1.82) is 0 Å². The summed E-state index contributed by atoms with van der Waals surface area (Å²) in [6.07, 6.45) is -8.47. The number of halogens is 6. The van der Waals surface area contributed by atoms with Crippen LogP contribution in [0, 0.1) is 5.92 Å². The first kappa shape index (κ1) is 26.3. The summed E-state index contributed by atoms with van der Waals surface area (Å²) in [6.45, 7) is -0.291. The molecule has 0 N–H and O–H groups in total. The number of fused-ring (bicyclic) bond motifs is 2. The third kappa shape index (κ3) is 4.44. The van der Waals surface area contributed by atoms with E-state index in [1.807, 2.05) is 0 Å². The summed E-state index contributed by atoms with van der Waals surface area (Å²) in [4.78, 5) is 11.8. The lowest BCUT2D eigenvalue weighted by molar-refractivity contribution is -0.203. The smallest absolute Gasteiger partial charge is 0.416 e. The van der Waals surface area contributed by atoms with Crippen LogP contribution in [0.15, 0.2) is 47.4 Å². The van der Waals surface area contributed by atoms with Crippen molar-refractivity contribution in [2.75, 3.05) is 18.0 Å². The van der Waals surface area contributed by atoms with E-state index in [9.17, 15) is 39.6 Å². The highest BCUT2D eigenvalue weighted by Crippen LogP contribution is 2.57. The first-order valence-electron chi connectivity index (χ1n) is 11.2. The summed E-state index contributed by atoms with van der Waals surface area (Å²) < 4.78 is 114. The number of hydrogen-bond donors (Lipinski definition) is 0. The maximum absolute atomic E-state index is 14.2. The molecular weight excluding hydrogens is 512 g/mol. The van der Waals surface area contributed by atoms with Crippen LogP contribution >= 0.6 is 0 Å². The minimum absolute atomic E-state index is 0.0177. The number of methoxy groups -OCH3 is 1. The van der Waals surface area contributed by atoms with Gasteiger partial charge < -0.3 is 4.74 Å². The number of carbonyl (C=O) groups excluding carboxylic acids is 1. The fourth-order valence-corrected chi connectivity index (χ4v) is 6.97. The summed E-state index contributed by atoms with van der Waals surface area (Å²) in [5.41, 5.74) is -2.44. The molecule has 12 heteroatoms. The summed E-state index contributed by atoms with van der Waals surface area (Å²) in [6, 6.07) is 6.73. The normalized spacial score (nSPS) is 22.9. The van der Waals surface area contributed by atoms with Gasteiger partial charge in [0, 0.05) is 12.0 Å². The highest BCUT2D eigenvalue weighted by Gasteiger charge is 2.57. The molecule has 1 spiro atoms. The van der Waals surface area contributed by atoms with Crippen molar-refractivity contribution in [3.8, 4) is 0 Å². The van der Waals surface area contributed by atoms with Crippen LogP contribution in [-0.4, -0.2) is 34.2 Å². The SMILES string of the molecule is COC(=O)c1ccc2c(c1)C1(CCCCC1C(F)(F)F)CCN2S(=O)(=O)c1ccc(C(F)(F)F)cc1. The van der Waals surface area contributed by atoms with E-state index < -0.39 is 50.1 Å². The van der Waals surface area contributed by atoms with Crippen LogP contribution in [-0.2, 0) is 26.4 Å². The quantitative estimate of drug-likeness (QED) is 0.353. The van der Waals surface area contributed by atoms with Gasteiger partial charge in [0.2, 0.25) is 0 Å². The van der Waals surface area contributed by atoms with Crippen LogP contribution in [0.2, 0.25) is 0 Å². The van der Waals surface area contributed by atoms with Crippen molar-refractivity contribution in [3.63, 3.8) is 0 Å². The minimum Gasteiger partial charge on any atom is -0.465 e. The Hall–Kier alpha value is -2.76. The molecule has 1 aliphatic heterocycles. The second kappa shape index (κ2) is 8.97. The van der Waals surface area contributed by atoms with Crippen LogP contribution in [0.25, 0.3) is 0 Å². The van der Waals surface area contributed by atoms with Crippen molar-refractivity contribution in [2.24, 2.45) is 5.92 Å². The molecule has 36 heavy (non-hydrogen) atoms. The largest absolute Gasteiger partial charge is 0.465 e. The summed E-state index contributed by atoms with van der Waals surface area (Å²) in [5.74, 6) is -2.52. The molecule has 196 valence electrons. The molecule has 0 saturated heterocycles. The number of alkyl halides is 6. The molecule has 1 fully saturated rings. The molecule has 2 atom stereocenters. The zero-order chi connectivity index (χ0) is 26.5. The van der Waals surface area contributed by atoms with E-state index >= 15 is 0 Å². The number of sulfonamides is 1. The van der Waals surface area contributed by atoms with Crippen LogP contribution in [0.5, 0.6) is 0 Å². The minimum atomic E-state index is -4.66. The standard InChI is InChI=1S/C24H23F6NO4S/c1-35-21(32)15-5-10-19-18(14-15)22(11-3-2-4-20(22)24(28,29)30)12-13-31(19)36(33,34)17-8-6-16(7-9-17)23(25,26)27/h5-10,14,20H,2-4,11-13H2,1H3. The average molecular weight is 536 g/mol. The van der Waals surface area contributed by atoms with Gasteiger partial charge in [0.1, 0.15) is 0 Å². The van der Waals surface area contributed by atoms with Gasteiger partial charge in [-0.05, 0) is 67.3 Å². The van der Waals surface area contributed by atoms with Crippen LogP contribution < -0.4 is 4.31 Å². The van der Waals surface area contributed by atoms with Gasteiger partial charge in [-0.2, -0.15) is 26.3 Å². The average Bonchev–Trinajstić information content (AvgIpc) is 2.82. The number of esters is 1. The highest BCUT2D eigenvalue weighted by atomic mass is 32.2. The van der Waals surface area contributed by atoms with E-state index in [0.717, 1.165) is 23.5 Å². The molecule has 1 aliphatic carbocycles. The van der Waals surface area contributed by atoms with E-state index in [-0.39, 0.29) is 42.6 Å². The van der Waals surface area contributed by atoms with Crippen LogP contribution in [0.3, 0.4) is 0 Å². The second-order valence-electron chi connectivity index (χ2n) is 9.07. The maximum atomic E-state index is 14.2. The lowest BCUT2D eigenvalue weighted by Crippen LogP contribution is -2.52. The molecule has 2 aromatic rings. The van der Waals surface area contributed by atoms with Crippen molar-refractivity contribution in [3.05, 3.63) is 59.2 Å². The highest BCUT2D eigenvalue weighted by molar-refractivity contribution is 7.92. The zero-order valence-corrected chi connectivity index (χ0v) is 19.9. The van der Waals surface area contributed by atoms with Gasteiger partial charge in [-0.3, -0.25) is 4.31 Å². The molecule has 5 nitrogen and oxygen atoms in total. The lowest BCUT2D eigenvalue weighted by atomic mass is 9.59. The predicted octanol–water partition coefficient (Wildman–Crippen LogP) is 6.08. The van der Waals surface area contributed by atoms with Gasteiger partial charge in [-0.1, -0.05) is 12.8 Å². The Morgan fingerprint density at radius 3 is 2.25 bits per heavy atom. The van der Waals surface area contributed by atoms with Crippen molar-refractivity contribution >= 4 is 21.7 Å². The van der Waals surface area contributed by atoms with Crippen molar-refractivity contribution in [1.82, 2.24) is 0 Å². The van der Waals surface area contributed by atoms with Crippen LogP contribution in [0.1, 0.15) is 53.6 Å². The fraction of sp³-hybridized carbons (Fsp3) is 0.458. The molecule has 4 rings (SSSR count). The van der Waals surface area contributed by atoms with E-state index in [0.29, 0.717) is 25.0 Å². The number of ether oxygens (including phenoxy) is 1. The van der Waals surface area contributed by atoms with Gasteiger partial charge in [-0.15, -0.1) is 0 Å². The van der Waals surface area contributed by atoms with Crippen molar-refractivity contribution < 1.29 is 44.3 Å². The maximum Gasteiger partial charge on any atom is 0.416 e. The molecule has 0 radical (unpaired) electrons. The Morgan fingerprint density at radius 2 is 1.67 bits per heavy atom. The Bertz CT molecular complexity index is 1260. The number of nitrogens with zero attached hydrogens (tertiary/aromatic N) is 1. The topological polar surface area (TPSA) is 63.7 Å². The monoisotopic (exact) mass is 535 g/mol. The second-order valence-corrected chi connectivity index (χ2v) is 10.9. The number of benzene rings is 2. The van der Waals surface area contributed by atoms with E-state index in [1.165, 1.54) is 18.2 Å². The van der Waals surface area contributed by atoms with Gasteiger partial charge in [-0.25, -0.2) is 13.2 Å². The van der Waals surface area contributed by atoms with Gasteiger partial charge in [0.25, 0.3) is 10.0 Å². The number of anilines is 1. The molecule has 0 aromatic heterocycles. The summed E-state index contributed by atoms with van der Waals surface area (Å²) >= 11 is 0. The molecule has 2 aliphatic rings. The predicted molar refractivity (Wildman–Crippen MR) is 118 cm³/mol. The Kier molecular flexibility index (Phi) is 6.55. The Morgan fingerprint density at radius 1 is 1.00 bits per heavy atom. The summed E-state index contributed by atoms with van der Waals surface area (Å²) in [5, 5.41) is 0. The molecule has 1 heterocycles. The van der Waals surface area contributed by atoms with Crippen molar-refractivity contribution in [2.45, 2.75) is 54.8 Å². The van der Waals surface area contributed by atoms with E-state index in [1.54, 1.807) is 0 Å². The van der Waals surface area contributed by atoms with Gasteiger partial charge in [0.05, 0.1) is 34.7 Å². The number of rotatable bonds is 3. The Labute approximate surface area is 204 Å². The first-order chi connectivity index (χ1) is 16.7. The Balaban J connectivity index is 1.86. The van der Waals surface area contributed by atoms with Gasteiger partial charge in [0.15, 0.2) is 0 Å². The molecule has 2 unspecified atom stereocenters. The molecular formula is C24H23F6NO4S. The fourth-order valence-electron chi connectivity index (χ4n) is 5.48. The number of carbonyl (C=O) groups is 1. The van der Waals surface area contributed by atoms with Crippen LogP contribution in [0.4, 0.5) is 32.0 Å². The first-order valence-corrected chi connectivity index (χ1v) is 12.7. The summed E-state index contributed by atoms with van der Waals surface area (Å²) in [7, 11) is -3.29. The molecule has 0 amide bonds. The molecule has 1 saturated carbocycles. The third-order valence-corrected chi connectivity index (χ3v) is 9.01. The molecule has 0 bridgehead atoms.